The van der Waals surface area contributed by atoms with Crippen LogP contribution in [0.1, 0.15) is 56.2 Å². The van der Waals surface area contributed by atoms with Crippen LogP contribution in [0.15, 0.2) is 24.3 Å². The van der Waals surface area contributed by atoms with Crippen molar-refractivity contribution in [2.24, 2.45) is 0 Å². The smallest absolute Gasteiger partial charge is 0.237 e. The zero-order chi connectivity index (χ0) is 36.6. The van der Waals surface area contributed by atoms with Crippen molar-refractivity contribution in [3.63, 3.8) is 0 Å². The molecule has 0 bridgehead atoms. The summed E-state index contributed by atoms with van der Waals surface area (Å²) >= 11 is 0. The lowest BCUT2D eigenvalue weighted by Crippen LogP contribution is -2.24. The van der Waals surface area contributed by atoms with Gasteiger partial charge in [0.15, 0.2) is 11.4 Å². The fourth-order valence-electron chi connectivity index (χ4n) is 4.14. The van der Waals surface area contributed by atoms with Crippen LogP contribution in [0.2, 0.25) is 0 Å². The summed E-state index contributed by atoms with van der Waals surface area (Å²) in [6.45, 7) is 0. The molecule has 0 unspecified atom stereocenters. The van der Waals surface area contributed by atoms with Gasteiger partial charge < -0.3 is 0 Å². The molecule has 0 aliphatic carbocycles. The van der Waals surface area contributed by atoms with Gasteiger partial charge in [0.05, 0.1) is 45.5 Å². The predicted octanol–water partition coefficient (Wildman–Crippen LogP) is 5.48. The minimum absolute atomic E-state index is 0.131. The van der Waals surface area contributed by atoms with Crippen molar-refractivity contribution < 1.29 is 52.7 Å². The number of benzene rings is 1. The third-order valence-electron chi connectivity index (χ3n) is 6.08. The molecule has 20 heteroatoms. The van der Waals surface area contributed by atoms with Crippen LogP contribution >= 0.6 is 0 Å². The summed E-state index contributed by atoms with van der Waals surface area (Å²) in [4.78, 5) is 4.87. The molecule has 3 aromatic rings. The Kier molecular flexibility index (Phi) is 9.17. The van der Waals surface area contributed by atoms with Crippen molar-refractivity contribution >= 4 is 11.1 Å². The van der Waals surface area contributed by atoms with E-state index in [4.69, 9.17) is 0 Å². The minimum atomic E-state index is -5.70. The number of nitriles is 6. The zero-order valence-corrected chi connectivity index (χ0v) is 22.4. The molecule has 2 heterocycles. The van der Waals surface area contributed by atoms with Gasteiger partial charge in [0.1, 0.15) is 35.7 Å². The van der Waals surface area contributed by atoms with E-state index < -0.39 is 102 Å². The molecule has 0 atom stereocenters. The normalized spacial score (nSPS) is 13.1. The first-order valence-corrected chi connectivity index (χ1v) is 11.8. The Morgan fingerprint density at radius 1 is 0.458 bits per heavy atom. The van der Waals surface area contributed by atoms with Gasteiger partial charge in [0.25, 0.3) is 0 Å². The van der Waals surface area contributed by atoms with Gasteiger partial charge in [-0.25, -0.2) is 9.97 Å². The lowest BCUT2D eigenvalue weighted by atomic mass is 9.91. The van der Waals surface area contributed by atoms with Gasteiger partial charge in [-0.3, -0.25) is 0 Å². The first-order chi connectivity index (χ1) is 22.1. The number of hydrogen-bond acceptors (Lipinski definition) is 8. The van der Waals surface area contributed by atoms with E-state index in [0.717, 1.165) is 12.1 Å². The molecule has 0 saturated heterocycles. The first kappa shape index (κ1) is 35.8. The van der Waals surface area contributed by atoms with Crippen LogP contribution in [0, 0.1) is 68.0 Å². The number of aromatic nitrogens is 2. The molecule has 1 aromatic carbocycles. The van der Waals surface area contributed by atoms with Crippen LogP contribution in [0.5, 0.6) is 0 Å². The highest BCUT2D eigenvalue weighted by molar-refractivity contribution is 5.84. The molecule has 240 valence electrons. The number of nitrogens with zero attached hydrogens (tertiary/aromatic N) is 8. The topological polar surface area (TPSA) is 169 Å². The van der Waals surface area contributed by atoms with Crippen molar-refractivity contribution in [3.05, 3.63) is 90.9 Å². The molecule has 48 heavy (non-hydrogen) atoms. The molecule has 0 spiro atoms. The van der Waals surface area contributed by atoms with Crippen LogP contribution < -0.4 is 10.4 Å². The Bertz CT molecular complexity index is 2090. The fraction of sp³-hybridized carbons (Fsp3) is 0.143. The van der Waals surface area contributed by atoms with Crippen molar-refractivity contribution in [2.45, 2.75) is 24.7 Å². The Hall–Kier alpha value is -6.64. The third kappa shape index (κ3) is 6.64. The Morgan fingerprint density at radius 2 is 0.771 bits per heavy atom. The maximum atomic E-state index is 13.7. The van der Waals surface area contributed by atoms with Gasteiger partial charge in [0, 0.05) is 21.6 Å². The summed E-state index contributed by atoms with van der Waals surface area (Å²) in [7, 11) is 0. The highest BCUT2D eigenvalue weighted by atomic mass is 19.4. The van der Waals surface area contributed by atoms with Gasteiger partial charge in [0.2, 0.25) is 0 Å². The number of rotatable bonds is 2. The second kappa shape index (κ2) is 12.3. The zero-order valence-electron chi connectivity index (χ0n) is 22.4. The largest absolute Gasteiger partial charge is 0.434 e. The molecule has 0 aliphatic heterocycles. The molecule has 0 saturated carbocycles. The number of pyridine rings is 2. The maximum absolute atomic E-state index is 13.7. The van der Waals surface area contributed by atoms with Crippen molar-refractivity contribution in [3.8, 4) is 36.4 Å². The van der Waals surface area contributed by atoms with Gasteiger partial charge in [-0.15, -0.1) is 0 Å². The summed E-state index contributed by atoms with van der Waals surface area (Å²) < 4.78 is 163. The van der Waals surface area contributed by atoms with Crippen molar-refractivity contribution in [1.82, 2.24) is 9.97 Å². The van der Waals surface area contributed by atoms with Crippen molar-refractivity contribution in [1.29, 1.82) is 31.6 Å². The second-order valence-electron chi connectivity index (χ2n) is 8.91. The SMILES string of the molecule is N#C/C(c1cc(C(F)(F)F)nc(C(F)(F)F)c1C#N)=c1/cc(C#N)/c(=C(\C#N)c2cc(C(F)(F)F)nc(C(F)(F)F)c2C#N)cc1C#N. The van der Waals surface area contributed by atoms with E-state index in [1.807, 2.05) is 0 Å². The van der Waals surface area contributed by atoms with Crippen LogP contribution in [-0.2, 0) is 24.7 Å². The van der Waals surface area contributed by atoms with Crippen LogP contribution in [0.3, 0.4) is 0 Å². The van der Waals surface area contributed by atoms with E-state index in [9.17, 15) is 84.3 Å². The summed E-state index contributed by atoms with van der Waals surface area (Å²) in [5.74, 6) is 0. The number of halogens is 12. The van der Waals surface area contributed by atoms with Gasteiger partial charge in [-0.2, -0.15) is 84.3 Å². The van der Waals surface area contributed by atoms with E-state index in [2.05, 4.69) is 9.97 Å². The highest BCUT2D eigenvalue weighted by Gasteiger charge is 2.43. The standard InChI is InChI=1S/C28H4F12N8/c29-25(30,31)21-3-15(19(9-45)23(47-21)27(35,36)37)17(7-43)13-1-11(5-41)14(2-12(13)6-42)18(8-44)16-4-22(26(32,33)34)48-24(20(16)10-46)28(38,39)40/h1-4H/b17-13+,18-14+. The molecule has 3 rings (SSSR count). The summed E-state index contributed by atoms with van der Waals surface area (Å²) in [6, 6.07) is 7.64. The Balaban J connectivity index is 2.72. The summed E-state index contributed by atoms with van der Waals surface area (Å²) in [5.41, 5.74) is -19.7. The summed E-state index contributed by atoms with van der Waals surface area (Å²) in [5, 5.41) is 56.1. The average molecular weight is 680 g/mol. The van der Waals surface area contributed by atoms with Crippen LogP contribution in [0.25, 0.3) is 11.1 Å². The highest BCUT2D eigenvalue weighted by Crippen LogP contribution is 2.39. The third-order valence-corrected chi connectivity index (χ3v) is 6.08. The molecular weight excluding hydrogens is 676 g/mol. The average Bonchev–Trinajstić information content (AvgIpc) is 2.99. The molecule has 2 aromatic heterocycles. The second-order valence-corrected chi connectivity index (χ2v) is 8.91. The van der Waals surface area contributed by atoms with Gasteiger partial charge in [-0.1, -0.05) is 0 Å². The van der Waals surface area contributed by atoms with Gasteiger partial charge >= 0.3 is 24.7 Å². The number of hydrogen-bond donors (Lipinski definition) is 0. The van der Waals surface area contributed by atoms with Crippen LogP contribution in [0.4, 0.5) is 52.7 Å². The van der Waals surface area contributed by atoms with Crippen LogP contribution in [-0.4, -0.2) is 9.97 Å². The van der Waals surface area contributed by atoms with E-state index in [1.165, 1.54) is 24.3 Å². The van der Waals surface area contributed by atoms with Crippen molar-refractivity contribution in [2.75, 3.05) is 0 Å². The molecule has 0 aliphatic rings. The monoisotopic (exact) mass is 680 g/mol. The minimum Gasteiger partial charge on any atom is -0.237 e. The van der Waals surface area contributed by atoms with E-state index in [1.54, 1.807) is 0 Å². The fourth-order valence-corrected chi connectivity index (χ4v) is 4.14. The molecular formula is C28H4F12N8. The summed E-state index contributed by atoms with van der Waals surface area (Å²) in [6.07, 6.45) is -22.6. The predicted molar refractivity (Wildman–Crippen MR) is 129 cm³/mol. The maximum Gasteiger partial charge on any atom is 0.434 e. The lowest BCUT2D eigenvalue weighted by Gasteiger charge is -2.16. The Morgan fingerprint density at radius 3 is 0.979 bits per heavy atom. The molecule has 0 fully saturated rings. The molecule has 0 amide bonds. The molecule has 0 radical (unpaired) electrons. The van der Waals surface area contributed by atoms with E-state index in [0.29, 0.717) is 12.1 Å². The van der Waals surface area contributed by atoms with Gasteiger partial charge in [-0.05, 0) is 24.3 Å². The van der Waals surface area contributed by atoms with E-state index >= 15 is 0 Å². The quantitative estimate of drug-likeness (QED) is 0.321. The lowest BCUT2D eigenvalue weighted by molar-refractivity contribution is -0.151. The number of alkyl halides is 12. The van der Waals surface area contributed by atoms with E-state index in [-0.39, 0.29) is 12.1 Å². The first-order valence-electron chi connectivity index (χ1n) is 11.8. The Labute approximate surface area is 257 Å². The molecule has 0 N–H and O–H groups in total. The molecule has 8 nitrogen and oxygen atoms in total.